The van der Waals surface area contributed by atoms with E-state index in [0.29, 0.717) is 5.92 Å². The number of rotatable bonds is 8. The molecule has 1 aliphatic rings. The summed E-state index contributed by atoms with van der Waals surface area (Å²) >= 11 is 0. The lowest BCUT2D eigenvalue weighted by molar-refractivity contribution is 0.109. The van der Waals surface area contributed by atoms with Crippen molar-refractivity contribution in [2.45, 2.75) is 39.2 Å². The van der Waals surface area contributed by atoms with Crippen molar-refractivity contribution in [3.8, 4) is 0 Å². The van der Waals surface area contributed by atoms with E-state index in [1.807, 2.05) is 0 Å². The molecule has 1 saturated carbocycles. The molecule has 1 unspecified atom stereocenters. The summed E-state index contributed by atoms with van der Waals surface area (Å²) in [6.07, 6.45) is 3.82. The monoisotopic (exact) mass is 247 g/mol. The molecule has 1 aromatic carbocycles. The van der Waals surface area contributed by atoms with Gasteiger partial charge in [0.1, 0.15) is 0 Å². The highest BCUT2D eigenvalue weighted by Gasteiger charge is 2.22. The Labute approximate surface area is 111 Å². The zero-order valence-electron chi connectivity index (χ0n) is 11.6. The lowest BCUT2D eigenvalue weighted by Crippen LogP contribution is -2.29. The Kier molecular flexibility index (Phi) is 5.21. The molecule has 0 bridgehead atoms. The van der Waals surface area contributed by atoms with Crippen LogP contribution >= 0.6 is 0 Å². The third kappa shape index (κ3) is 4.79. The summed E-state index contributed by atoms with van der Waals surface area (Å²) in [7, 11) is 0. The van der Waals surface area contributed by atoms with Crippen molar-refractivity contribution in [3.63, 3.8) is 0 Å². The molecular weight excluding hydrogens is 222 g/mol. The molecule has 2 rings (SSSR count). The summed E-state index contributed by atoms with van der Waals surface area (Å²) in [5, 5.41) is 3.62. The van der Waals surface area contributed by atoms with E-state index in [4.69, 9.17) is 4.74 Å². The van der Waals surface area contributed by atoms with Crippen LogP contribution in [0.3, 0.4) is 0 Å². The van der Waals surface area contributed by atoms with Crippen LogP contribution in [0.15, 0.2) is 24.3 Å². The van der Waals surface area contributed by atoms with E-state index in [2.05, 4.69) is 43.4 Å². The second-order valence-corrected chi connectivity index (χ2v) is 5.40. The lowest BCUT2D eigenvalue weighted by Gasteiger charge is -2.17. The van der Waals surface area contributed by atoms with Crippen LogP contribution < -0.4 is 5.32 Å². The van der Waals surface area contributed by atoms with Crippen molar-refractivity contribution in [2.75, 3.05) is 19.8 Å². The molecule has 1 aromatic rings. The first kappa shape index (κ1) is 13.6. The van der Waals surface area contributed by atoms with Crippen molar-refractivity contribution in [1.82, 2.24) is 5.32 Å². The standard InChI is InChI=1S/C16H25NO/c1-3-18-12-15(11-17-16-8-9-16)10-14-6-4-13(2)5-7-14/h4-7,15-17H,3,8-12H2,1-2H3. The molecule has 0 heterocycles. The molecule has 18 heavy (non-hydrogen) atoms. The van der Waals surface area contributed by atoms with Crippen molar-refractivity contribution in [1.29, 1.82) is 0 Å². The Hall–Kier alpha value is -0.860. The third-order valence-corrected chi connectivity index (χ3v) is 3.48. The maximum Gasteiger partial charge on any atom is 0.0509 e. The van der Waals surface area contributed by atoms with Gasteiger partial charge in [-0.1, -0.05) is 29.8 Å². The van der Waals surface area contributed by atoms with Crippen LogP contribution in [-0.2, 0) is 11.2 Å². The van der Waals surface area contributed by atoms with Crippen LogP contribution in [0.1, 0.15) is 30.9 Å². The van der Waals surface area contributed by atoms with Crippen molar-refractivity contribution >= 4 is 0 Å². The Morgan fingerprint density at radius 3 is 2.61 bits per heavy atom. The van der Waals surface area contributed by atoms with Gasteiger partial charge in [0.05, 0.1) is 6.61 Å². The molecule has 0 aliphatic heterocycles. The van der Waals surface area contributed by atoms with Crippen LogP contribution in [0.5, 0.6) is 0 Å². The highest BCUT2D eigenvalue weighted by Crippen LogP contribution is 2.19. The molecular formula is C16H25NO. The molecule has 0 saturated heterocycles. The first-order valence-electron chi connectivity index (χ1n) is 7.14. The maximum absolute atomic E-state index is 5.60. The van der Waals surface area contributed by atoms with Gasteiger partial charge in [-0.15, -0.1) is 0 Å². The van der Waals surface area contributed by atoms with Crippen LogP contribution in [0.4, 0.5) is 0 Å². The van der Waals surface area contributed by atoms with E-state index < -0.39 is 0 Å². The van der Waals surface area contributed by atoms with Crippen LogP contribution in [0.25, 0.3) is 0 Å². The summed E-state index contributed by atoms with van der Waals surface area (Å²) in [5.74, 6) is 0.591. The Bertz CT molecular complexity index is 343. The average molecular weight is 247 g/mol. The predicted molar refractivity (Wildman–Crippen MR) is 75.9 cm³/mol. The van der Waals surface area contributed by atoms with Gasteiger partial charge in [0.2, 0.25) is 0 Å². The fourth-order valence-corrected chi connectivity index (χ4v) is 2.15. The summed E-state index contributed by atoms with van der Waals surface area (Å²) < 4.78 is 5.60. The van der Waals surface area contributed by atoms with E-state index in [1.54, 1.807) is 0 Å². The van der Waals surface area contributed by atoms with Gasteiger partial charge in [0, 0.05) is 19.2 Å². The number of ether oxygens (including phenoxy) is 1. The number of benzene rings is 1. The lowest BCUT2D eigenvalue weighted by atomic mass is 9.99. The second kappa shape index (κ2) is 6.91. The first-order valence-corrected chi connectivity index (χ1v) is 7.14. The summed E-state index contributed by atoms with van der Waals surface area (Å²) in [6, 6.07) is 9.66. The fourth-order valence-electron chi connectivity index (χ4n) is 2.15. The van der Waals surface area contributed by atoms with Gasteiger partial charge in [-0.05, 0) is 44.6 Å². The molecule has 0 spiro atoms. The highest BCUT2D eigenvalue weighted by atomic mass is 16.5. The Morgan fingerprint density at radius 2 is 2.00 bits per heavy atom. The van der Waals surface area contributed by atoms with E-state index >= 15 is 0 Å². The van der Waals surface area contributed by atoms with Crippen LogP contribution in [0, 0.1) is 12.8 Å². The average Bonchev–Trinajstić information content (AvgIpc) is 3.19. The molecule has 0 aromatic heterocycles. The number of nitrogens with one attached hydrogen (secondary N) is 1. The minimum absolute atomic E-state index is 0.591. The zero-order valence-corrected chi connectivity index (χ0v) is 11.6. The fraction of sp³-hybridized carbons (Fsp3) is 0.625. The second-order valence-electron chi connectivity index (χ2n) is 5.40. The quantitative estimate of drug-likeness (QED) is 0.762. The number of hydrogen-bond acceptors (Lipinski definition) is 2. The minimum atomic E-state index is 0.591. The molecule has 0 amide bonds. The summed E-state index contributed by atoms with van der Waals surface area (Å²) in [5.41, 5.74) is 2.75. The first-order chi connectivity index (χ1) is 8.78. The minimum Gasteiger partial charge on any atom is -0.381 e. The Balaban J connectivity index is 1.83. The van der Waals surface area contributed by atoms with Gasteiger partial charge in [0.15, 0.2) is 0 Å². The molecule has 1 atom stereocenters. The largest absolute Gasteiger partial charge is 0.381 e. The highest BCUT2D eigenvalue weighted by molar-refractivity contribution is 5.21. The zero-order chi connectivity index (χ0) is 12.8. The van der Waals surface area contributed by atoms with Crippen molar-refractivity contribution < 1.29 is 4.74 Å². The number of hydrogen-bond donors (Lipinski definition) is 1. The van der Waals surface area contributed by atoms with Gasteiger partial charge in [-0.2, -0.15) is 0 Å². The van der Waals surface area contributed by atoms with E-state index in [9.17, 15) is 0 Å². The molecule has 1 fully saturated rings. The topological polar surface area (TPSA) is 21.3 Å². The molecule has 100 valence electrons. The van der Waals surface area contributed by atoms with Crippen LogP contribution in [-0.4, -0.2) is 25.8 Å². The maximum atomic E-state index is 5.60. The third-order valence-electron chi connectivity index (χ3n) is 3.48. The molecule has 2 nitrogen and oxygen atoms in total. The van der Waals surface area contributed by atoms with E-state index in [-0.39, 0.29) is 0 Å². The van der Waals surface area contributed by atoms with E-state index in [1.165, 1.54) is 24.0 Å². The molecule has 2 heteroatoms. The molecule has 0 radical (unpaired) electrons. The summed E-state index contributed by atoms with van der Waals surface area (Å²) in [4.78, 5) is 0. The van der Waals surface area contributed by atoms with Gasteiger partial charge in [-0.25, -0.2) is 0 Å². The normalized spacial score (nSPS) is 16.8. The predicted octanol–water partition coefficient (Wildman–Crippen LogP) is 2.94. The SMILES string of the molecule is CCOCC(CNC1CC1)Cc1ccc(C)cc1. The molecule has 1 aliphatic carbocycles. The summed E-state index contributed by atoms with van der Waals surface area (Å²) in [6.45, 7) is 6.96. The van der Waals surface area contributed by atoms with Crippen molar-refractivity contribution in [2.24, 2.45) is 5.92 Å². The smallest absolute Gasteiger partial charge is 0.0509 e. The van der Waals surface area contributed by atoms with Gasteiger partial charge in [0.25, 0.3) is 0 Å². The van der Waals surface area contributed by atoms with Gasteiger partial charge >= 0.3 is 0 Å². The van der Waals surface area contributed by atoms with Gasteiger partial charge in [-0.3, -0.25) is 0 Å². The Morgan fingerprint density at radius 1 is 1.28 bits per heavy atom. The van der Waals surface area contributed by atoms with Gasteiger partial charge < -0.3 is 10.1 Å². The van der Waals surface area contributed by atoms with E-state index in [0.717, 1.165) is 32.2 Å². The number of aryl methyl sites for hydroxylation is 1. The van der Waals surface area contributed by atoms with Crippen molar-refractivity contribution in [3.05, 3.63) is 35.4 Å². The molecule has 1 N–H and O–H groups in total. The van der Waals surface area contributed by atoms with Crippen LogP contribution in [0.2, 0.25) is 0 Å².